The van der Waals surface area contributed by atoms with Gasteiger partial charge in [0.2, 0.25) is 10.0 Å². The number of benzene rings is 1. The number of rotatable bonds is 6. The molecule has 7 nitrogen and oxygen atoms in total. The number of halogens is 1. The molecule has 1 amide bonds. The Morgan fingerprint density at radius 1 is 1.24 bits per heavy atom. The second kappa shape index (κ2) is 9.40. The number of amides is 1. The second-order valence-electron chi connectivity index (χ2n) is 8.01. The average Bonchev–Trinajstić information content (AvgIpc) is 2.66. The van der Waals surface area contributed by atoms with Crippen molar-refractivity contribution in [1.29, 1.82) is 0 Å². The summed E-state index contributed by atoms with van der Waals surface area (Å²) in [5.41, 5.74) is 0.743. The molecule has 0 spiro atoms. The van der Waals surface area contributed by atoms with Crippen LogP contribution < -0.4 is 4.72 Å². The fourth-order valence-corrected chi connectivity index (χ4v) is 5.32. The van der Waals surface area contributed by atoms with Gasteiger partial charge >= 0.3 is 6.09 Å². The van der Waals surface area contributed by atoms with Crippen LogP contribution in [0.3, 0.4) is 0 Å². The fourth-order valence-electron chi connectivity index (χ4n) is 4.49. The van der Waals surface area contributed by atoms with Crippen LogP contribution in [0.1, 0.15) is 50.0 Å². The highest BCUT2D eigenvalue weighted by atomic mass is 32.2. The SMILES string of the molecule is CS(=O)(=O)N[C@H]1CCCN(C(=O)O)[C@H]1COC1CCC(c2ccccc2F)CC1. The molecule has 162 valence electrons. The summed E-state index contributed by atoms with van der Waals surface area (Å²) in [6, 6.07) is 5.79. The number of piperidine rings is 1. The van der Waals surface area contributed by atoms with Crippen LogP contribution in [0.2, 0.25) is 0 Å². The third-order valence-corrected chi connectivity index (χ3v) is 6.64. The quantitative estimate of drug-likeness (QED) is 0.726. The smallest absolute Gasteiger partial charge is 0.407 e. The van der Waals surface area contributed by atoms with Gasteiger partial charge in [0, 0.05) is 12.6 Å². The third kappa shape index (κ3) is 5.90. The fraction of sp³-hybridized carbons (Fsp3) is 0.650. The van der Waals surface area contributed by atoms with E-state index in [1.165, 1.54) is 11.0 Å². The van der Waals surface area contributed by atoms with Crippen molar-refractivity contribution in [2.24, 2.45) is 0 Å². The van der Waals surface area contributed by atoms with Crippen LogP contribution in [-0.4, -0.2) is 62.1 Å². The van der Waals surface area contributed by atoms with Crippen molar-refractivity contribution in [3.63, 3.8) is 0 Å². The molecule has 2 aliphatic rings. The predicted molar refractivity (Wildman–Crippen MR) is 107 cm³/mol. The molecular formula is C20H29FN2O5S. The number of sulfonamides is 1. The first kappa shape index (κ1) is 22.0. The van der Waals surface area contributed by atoms with Crippen molar-refractivity contribution in [2.75, 3.05) is 19.4 Å². The van der Waals surface area contributed by atoms with Gasteiger partial charge in [-0.3, -0.25) is 0 Å². The first-order valence-corrected chi connectivity index (χ1v) is 12.0. The average molecular weight is 429 g/mol. The lowest BCUT2D eigenvalue weighted by Gasteiger charge is -2.40. The van der Waals surface area contributed by atoms with E-state index in [2.05, 4.69) is 4.72 Å². The van der Waals surface area contributed by atoms with E-state index in [4.69, 9.17) is 4.74 Å². The minimum absolute atomic E-state index is 0.0329. The zero-order valence-electron chi connectivity index (χ0n) is 16.6. The number of nitrogens with one attached hydrogen (secondary N) is 1. The Labute approximate surface area is 171 Å². The van der Waals surface area contributed by atoms with Crippen LogP contribution in [-0.2, 0) is 14.8 Å². The molecule has 1 saturated carbocycles. The molecule has 1 heterocycles. The third-order valence-electron chi connectivity index (χ3n) is 5.91. The molecule has 1 aromatic carbocycles. The van der Waals surface area contributed by atoms with Crippen molar-refractivity contribution in [1.82, 2.24) is 9.62 Å². The van der Waals surface area contributed by atoms with E-state index in [0.29, 0.717) is 19.4 Å². The molecule has 2 fully saturated rings. The first-order chi connectivity index (χ1) is 13.7. The Kier molecular flexibility index (Phi) is 7.13. The van der Waals surface area contributed by atoms with Crippen molar-refractivity contribution in [3.8, 4) is 0 Å². The van der Waals surface area contributed by atoms with Crippen molar-refractivity contribution >= 4 is 16.1 Å². The van der Waals surface area contributed by atoms with Crippen LogP contribution >= 0.6 is 0 Å². The first-order valence-electron chi connectivity index (χ1n) is 10.1. The number of ether oxygens (including phenoxy) is 1. The number of hydrogen-bond donors (Lipinski definition) is 2. The van der Waals surface area contributed by atoms with Gasteiger partial charge in [-0.05, 0) is 56.1 Å². The van der Waals surface area contributed by atoms with Gasteiger partial charge in [-0.25, -0.2) is 22.3 Å². The Hall–Kier alpha value is -1.71. The number of hydrogen-bond acceptors (Lipinski definition) is 4. The summed E-state index contributed by atoms with van der Waals surface area (Å²) in [5, 5.41) is 9.51. The molecule has 2 atom stereocenters. The minimum Gasteiger partial charge on any atom is -0.465 e. The molecule has 0 unspecified atom stereocenters. The topological polar surface area (TPSA) is 95.9 Å². The predicted octanol–water partition coefficient (Wildman–Crippen LogP) is 2.93. The summed E-state index contributed by atoms with van der Waals surface area (Å²) < 4.78 is 46.0. The number of carboxylic acid groups (broad SMARTS) is 1. The van der Waals surface area contributed by atoms with Gasteiger partial charge in [0.05, 0.1) is 25.0 Å². The molecule has 29 heavy (non-hydrogen) atoms. The molecule has 3 rings (SSSR count). The Morgan fingerprint density at radius 2 is 1.93 bits per heavy atom. The number of carbonyl (C=O) groups is 1. The summed E-state index contributed by atoms with van der Waals surface area (Å²) in [4.78, 5) is 12.9. The van der Waals surface area contributed by atoms with E-state index in [1.807, 2.05) is 12.1 Å². The van der Waals surface area contributed by atoms with Gasteiger partial charge in [0.15, 0.2) is 0 Å². The molecular weight excluding hydrogens is 399 g/mol. The number of nitrogens with zero attached hydrogens (tertiary/aromatic N) is 1. The van der Waals surface area contributed by atoms with Gasteiger partial charge in [-0.15, -0.1) is 0 Å². The zero-order chi connectivity index (χ0) is 21.0. The van der Waals surface area contributed by atoms with E-state index < -0.39 is 28.2 Å². The van der Waals surface area contributed by atoms with E-state index >= 15 is 0 Å². The normalized spacial score (nSPS) is 28.3. The molecule has 0 aromatic heterocycles. The zero-order valence-corrected chi connectivity index (χ0v) is 17.4. The van der Waals surface area contributed by atoms with Crippen molar-refractivity contribution in [3.05, 3.63) is 35.6 Å². The maximum atomic E-state index is 14.0. The Balaban J connectivity index is 1.58. The van der Waals surface area contributed by atoms with E-state index in [1.54, 1.807) is 6.07 Å². The van der Waals surface area contributed by atoms with Crippen LogP contribution in [0.5, 0.6) is 0 Å². The molecule has 1 aliphatic carbocycles. The molecule has 9 heteroatoms. The highest BCUT2D eigenvalue weighted by molar-refractivity contribution is 7.88. The molecule has 1 aromatic rings. The highest BCUT2D eigenvalue weighted by Gasteiger charge is 2.37. The lowest BCUT2D eigenvalue weighted by Crippen LogP contribution is -2.58. The van der Waals surface area contributed by atoms with E-state index in [-0.39, 0.29) is 24.4 Å². The Bertz CT molecular complexity index is 811. The van der Waals surface area contributed by atoms with Gasteiger partial charge in [-0.1, -0.05) is 18.2 Å². The maximum Gasteiger partial charge on any atom is 0.407 e. The number of likely N-dealkylation sites (tertiary alicyclic amines) is 1. The largest absolute Gasteiger partial charge is 0.465 e. The summed E-state index contributed by atoms with van der Waals surface area (Å²) in [6.45, 7) is 0.514. The van der Waals surface area contributed by atoms with E-state index in [0.717, 1.165) is 37.5 Å². The molecule has 1 aliphatic heterocycles. The van der Waals surface area contributed by atoms with Crippen LogP contribution in [0, 0.1) is 5.82 Å². The molecule has 2 N–H and O–H groups in total. The summed E-state index contributed by atoms with van der Waals surface area (Å²) in [7, 11) is -3.45. The highest BCUT2D eigenvalue weighted by Crippen LogP contribution is 2.35. The molecule has 0 bridgehead atoms. The molecule has 1 saturated heterocycles. The van der Waals surface area contributed by atoms with Crippen molar-refractivity contribution in [2.45, 2.75) is 62.6 Å². The summed E-state index contributed by atoms with van der Waals surface area (Å²) in [6.07, 6.45) is 4.31. The standard InChI is InChI=1S/C20H29FN2O5S/c1-29(26,27)22-18-7-4-12-23(20(24)25)19(18)13-28-15-10-8-14(9-11-15)16-5-2-3-6-17(16)21/h2-3,5-6,14-15,18-19,22H,4,7-13H2,1H3,(H,24,25)/t14?,15?,18-,19-/m0/s1. The summed E-state index contributed by atoms with van der Waals surface area (Å²) in [5.74, 6) is -0.00763. The van der Waals surface area contributed by atoms with Gasteiger partial charge < -0.3 is 14.7 Å². The Morgan fingerprint density at radius 3 is 2.55 bits per heavy atom. The van der Waals surface area contributed by atoms with E-state index in [9.17, 15) is 22.7 Å². The second-order valence-corrected chi connectivity index (χ2v) is 9.79. The monoisotopic (exact) mass is 428 g/mol. The van der Waals surface area contributed by atoms with Crippen LogP contribution in [0.4, 0.5) is 9.18 Å². The van der Waals surface area contributed by atoms with Crippen molar-refractivity contribution < 1.29 is 27.4 Å². The molecule has 0 radical (unpaired) electrons. The summed E-state index contributed by atoms with van der Waals surface area (Å²) >= 11 is 0. The lowest BCUT2D eigenvalue weighted by atomic mass is 9.82. The lowest BCUT2D eigenvalue weighted by molar-refractivity contribution is -0.0227. The van der Waals surface area contributed by atoms with Crippen LogP contribution in [0.15, 0.2) is 24.3 Å². The van der Waals surface area contributed by atoms with Crippen LogP contribution in [0.25, 0.3) is 0 Å². The van der Waals surface area contributed by atoms with Gasteiger partial charge in [0.1, 0.15) is 5.82 Å². The van der Waals surface area contributed by atoms with Gasteiger partial charge in [0.25, 0.3) is 0 Å². The van der Waals surface area contributed by atoms with Gasteiger partial charge in [-0.2, -0.15) is 0 Å². The minimum atomic E-state index is -3.45. The maximum absolute atomic E-state index is 14.0.